The lowest BCUT2D eigenvalue weighted by molar-refractivity contribution is 1.20. The number of benzene rings is 7. The number of nitrogens with zero attached hydrogens (tertiary/aromatic N) is 2. The number of para-hydroxylation sites is 3. The topological polar surface area (TPSA) is 9.34 Å². The van der Waals surface area contributed by atoms with Gasteiger partial charge in [0.05, 0.1) is 38.0 Å². The van der Waals surface area contributed by atoms with Crippen molar-refractivity contribution in [3.8, 4) is 16.8 Å². The molecule has 0 N–H and O–H groups in total. The van der Waals surface area contributed by atoms with Gasteiger partial charge in [-0.1, -0.05) is 115 Å². The highest BCUT2D eigenvalue weighted by atomic mass is 32.1. The number of thiophene rings is 1. The Bertz CT molecular complexity index is 2970. The summed E-state index contributed by atoms with van der Waals surface area (Å²) in [6.07, 6.45) is 0. The van der Waals surface area contributed by atoms with Crippen molar-refractivity contribution < 1.29 is 0 Å². The molecule has 0 aliphatic carbocycles. The largest absolute Gasteiger partial charge is 0.308 e. The zero-order valence-corrected chi connectivity index (χ0v) is 25.0. The zero-order chi connectivity index (χ0) is 29.2. The molecule has 0 amide bonds. The third kappa shape index (κ3) is 2.94. The first-order valence-electron chi connectivity index (χ1n) is 15.5. The molecule has 0 bridgehead atoms. The van der Waals surface area contributed by atoms with Crippen LogP contribution in [0.25, 0.3) is 96.9 Å². The van der Waals surface area contributed by atoms with Crippen molar-refractivity contribution in [3.05, 3.63) is 146 Å². The second kappa shape index (κ2) is 8.50. The molecular formula is C42H24N2S. The van der Waals surface area contributed by atoms with Crippen molar-refractivity contribution in [3.63, 3.8) is 0 Å². The quantitative estimate of drug-likeness (QED) is 0.190. The molecule has 0 saturated heterocycles. The van der Waals surface area contributed by atoms with E-state index in [1.54, 1.807) is 0 Å². The third-order valence-electron chi connectivity index (χ3n) is 9.84. The first-order chi connectivity index (χ1) is 22.4. The van der Waals surface area contributed by atoms with Crippen LogP contribution in [0.4, 0.5) is 0 Å². The minimum absolute atomic E-state index is 1.24. The van der Waals surface area contributed by atoms with E-state index in [-0.39, 0.29) is 0 Å². The lowest BCUT2D eigenvalue weighted by Crippen LogP contribution is -1.93. The van der Waals surface area contributed by atoms with E-state index in [1.165, 1.54) is 96.9 Å². The van der Waals surface area contributed by atoms with Crippen LogP contribution in [0.15, 0.2) is 146 Å². The van der Waals surface area contributed by atoms with Crippen LogP contribution in [0, 0.1) is 0 Å². The van der Waals surface area contributed by atoms with Gasteiger partial charge < -0.3 is 8.97 Å². The van der Waals surface area contributed by atoms with Gasteiger partial charge >= 0.3 is 0 Å². The Morgan fingerprint density at radius 2 is 1.00 bits per heavy atom. The van der Waals surface area contributed by atoms with E-state index in [0.717, 1.165) is 0 Å². The maximum absolute atomic E-state index is 2.54. The Labute approximate surface area is 261 Å². The summed E-state index contributed by atoms with van der Waals surface area (Å²) in [7, 11) is 0. The van der Waals surface area contributed by atoms with E-state index in [9.17, 15) is 0 Å². The molecule has 0 saturated carbocycles. The Morgan fingerprint density at radius 3 is 1.80 bits per heavy atom. The fourth-order valence-electron chi connectivity index (χ4n) is 8.05. The van der Waals surface area contributed by atoms with Crippen molar-refractivity contribution in [2.75, 3.05) is 0 Å². The van der Waals surface area contributed by atoms with Crippen molar-refractivity contribution in [1.82, 2.24) is 8.97 Å². The molecule has 0 fully saturated rings. The lowest BCUT2D eigenvalue weighted by atomic mass is 10.0. The van der Waals surface area contributed by atoms with Crippen molar-refractivity contribution in [2.45, 2.75) is 0 Å². The fraction of sp³-hybridized carbons (Fsp3) is 0. The average Bonchev–Trinajstić information content (AvgIpc) is 3.83. The summed E-state index contributed by atoms with van der Waals surface area (Å²) in [5.74, 6) is 0. The molecule has 0 unspecified atom stereocenters. The predicted octanol–water partition coefficient (Wildman–Crippen LogP) is 12.0. The monoisotopic (exact) mass is 588 g/mol. The number of hydrogen-bond acceptors (Lipinski definition) is 1. The summed E-state index contributed by atoms with van der Waals surface area (Å²) in [4.78, 5) is 0. The van der Waals surface area contributed by atoms with E-state index in [1.807, 2.05) is 11.3 Å². The highest BCUT2D eigenvalue weighted by Crippen LogP contribution is 2.48. The smallest absolute Gasteiger partial charge is 0.0640 e. The van der Waals surface area contributed by atoms with E-state index in [4.69, 9.17) is 0 Å². The van der Waals surface area contributed by atoms with E-state index >= 15 is 0 Å². The Morgan fingerprint density at radius 1 is 0.400 bits per heavy atom. The second-order valence-corrected chi connectivity index (χ2v) is 13.1. The van der Waals surface area contributed by atoms with Crippen molar-refractivity contribution in [1.29, 1.82) is 0 Å². The Hall–Kier alpha value is -5.64. The number of fused-ring (bicyclic) bond motifs is 13. The highest BCUT2D eigenvalue weighted by molar-refractivity contribution is 7.26. The standard InChI is InChI=1S/C42H24N2S/c1-2-12-25(13-3-1)26-17-10-18-28-29-19-11-23-36(42(29)45-41(26)28)43-34-21-8-5-15-30(34)38-37(43)24-32-27-14-4-7-20-33(27)44-35-22-9-6-16-31(35)39(38)40(32)44/h1-24H. The molecule has 4 heterocycles. The van der Waals surface area contributed by atoms with Gasteiger partial charge in [-0.3, -0.25) is 0 Å². The molecule has 0 spiro atoms. The summed E-state index contributed by atoms with van der Waals surface area (Å²) in [5.41, 5.74) is 10.1. The molecule has 11 rings (SSSR count). The van der Waals surface area contributed by atoms with Crippen LogP contribution in [0.1, 0.15) is 0 Å². The maximum atomic E-state index is 2.54. The van der Waals surface area contributed by atoms with Crippen LogP contribution >= 0.6 is 11.3 Å². The van der Waals surface area contributed by atoms with Gasteiger partial charge in [0.1, 0.15) is 0 Å². The van der Waals surface area contributed by atoms with Gasteiger partial charge in [0.15, 0.2) is 0 Å². The minimum Gasteiger partial charge on any atom is -0.308 e. The van der Waals surface area contributed by atoms with E-state index in [2.05, 4.69) is 155 Å². The molecule has 4 aromatic heterocycles. The van der Waals surface area contributed by atoms with Crippen LogP contribution in [-0.4, -0.2) is 8.97 Å². The summed E-state index contributed by atoms with van der Waals surface area (Å²) >= 11 is 1.92. The molecule has 45 heavy (non-hydrogen) atoms. The van der Waals surface area contributed by atoms with Crippen molar-refractivity contribution in [2.24, 2.45) is 0 Å². The molecule has 0 radical (unpaired) electrons. The molecule has 208 valence electrons. The summed E-state index contributed by atoms with van der Waals surface area (Å²) in [6.45, 7) is 0. The zero-order valence-electron chi connectivity index (χ0n) is 24.2. The van der Waals surface area contributed by atoms with Crippen LogP contribution in [-0.2, 0) is 0 Å². The molecule has 0 aliphatic heterocycles. The van der Waals surface area contributed by atoms with E-state index in [0.29, 0.717) is 0 Å². The minimum atomic E-state index is 1.24. The lowest BCUT2D eigenvalue weighted by Gasteiger charge is -2.10. The normalized spacial score (nSPS) is 12.4. The Kier molecular flexibility index (Phi) is 4.49. The number of aromatic nitrogens is 2. The van der Waals surface area contributed by atoms with Gasteiger partial charge in [0, 0.05) is 47.8 Å². The average molecular weight is 589 g/mol. The van der Waals surface area contributed by atoms with Gasteiger partial charge in [0.2, 0.25) is 0 Å². The van der Waals surface area contributed by atoms with Gasteiger partial charge in [-0.05, 0) is 41.5 Å². The Balaban J connectivity index is 1.35. The molecule has 2 nitrogen and oxygen atoms in total. The molecule has 7 aromatic carbocycles. The SMILES string of the molecule is c1ccc(-c2cccc3c2sc2c(-n4c5ccccc5c5c6c7ccccc7n7c8ccccc8c(cc54)c67)cccc23)cc1. The van der Waals surface area contributed by atoms with E-state index < -0.39 is 0 Å². The first kappa shape index (κ1) is 23.8. The van der Waals surface area contributed by atoms with Gasteiger partial charge in [0.25, 0.3) is 0 Å². The summed E-state index contributed by atoms with van der Waals surface area (Å²) in [5, 5.41) is 10.5. The van der Waals surface area contributed by atoms with Crippen LogP contribution in [0.5, 0.6) is 0 Å². The summed E-state index contributed by atoms with van der Waals surface area (Å²) < 4.78 is 7.68. The predicted molar refractivity (Wildman–Crippen MR) is 194 cm³/mol. The molecule has 11 aromatic rings. The van der Waals surface area contributed by atoms with Gasteiger partial charge in [-0.15, -0.1) is 11.3 Å². The third-order valence-corrected chi connectivity index (χ3v) is 11.1. The van der Waals surface area contributed by atoms with Gasteiger partial charge in [-0.2, -0.15) is 0 Å². The first-order valence-corrected chi connectivity index (χ1v) is 16.3. The van der Waals surface area contributed by atoms with Crippen LogP contribution in [0.3, 0.4) is 0 Å². The highest BCUT2D eigenvalue weighted by Gasteiger charge is 2.24. The second-order valence-electron chi connectivity index (χ2n) is 12.1. The van der Waals surface area contributed by atoms with Crippen LogP contribution < -0.4 is 0 Å². The van der Waals surface area contributed by atoms with Crippen molar-refractivity contribution >= 4 is 91.4 Å². The fourth-order valence-corrected chi connectivity index (χ4v) is 9.39. The molecule has 0 atom stereocenters. The van der Waals surface area contributed by atoms with Crippen LogP contribution in [0.2, 0.25) is 0 Å². The van der Waals surface area contributed by atoms with Gasteiger partial charge in [-0.25, -0.2) is 0 Å². The molecular weight excluding hydrogens is 565 g/mol. The molecule has 3 heteroatoms. The molecule has 0 aliphatic rings. The summed E-state index contributed by atoms with van der Waals surface area (Å²) in [6, 6.07) is 53.6. The number of hydrogen-bond donors (Lipinski definition) is 0. The maximum Gasteiger partial charge on any atom is 0.0640 e. The number of rotatable bonds is 2.